The Morgan fingerprint density at radius 2 is 1.61 bits per heavy atom. The van der Waals surface area contributed by atoms with Crippen molar-refractivity contribution < 1.29 is 62.6 Å². The van der Waals surface area contributed by atoms with Gasteiger partial charge in [-0.05, 0) is 82.3 Å². The molecule has 2 bridgehead atoms. The molecule has 64 heavy (non-hydrogen) atoms. The van der Waals surface area contributed by atoms with Crippen molar-refractivity contribution in [2.24, 2.45) is 22.7 Å². The van der Waals surface area contributed by atoms with E-state index in [1.807, 2.05) is 20.8 Å². The summed E-state index contributed by atoms with van der Waals surface area (Å²) in [5.74, 6) is -4.64. The zero-order valence-electron chi connectivity index (χ0n) is 38.2. The van der Waals surface area contributed by atoms with E-state index in [2.05, 4.69) is 10.2 Å². The van der Waals surface area contributed by atoms with Crippen LogP contribution in [0.4, 0.5) is 4.79 Å². The number of amides is 1. The fourth-order valence-corrected chi connectivity index (χ4v) is 11.2. The van der Waals surface area contributed by atoms with Gasteiger partial charge in [-0.15, -0.1) is 0 Å². The van der Waals surface area contributed by atoms with Gasteiger partial charge in [-0.2, -0.15) is 0 Å². The van der Waals surface area contributed by atoms with E-state index in [-0.39, 0.29) is 30.8 Å². The molecule has 3 N–H and O–H groups in total. The number of hydrogen-bond acceptors (Lipinski definition) is 14. The second kappa shape index (κ2) is 18.0. The van der Waals surface area contributed by atoms with Crippen LogP contribution in [0.3, 0.4) is 0 Å². The number of fused-ring (bicyclic) bond motifs is 5. The molecule has 2 aliphatic heterocycles. The molecule has 0 aromatic heterocycles. The molecule has 1 amide bonds. The molecule has 0 radical (unpaired) electrons. The molecule has 3 aliphatic carbocycles. The number of rotatable bonds is 11. The molecule has 2 heterocycles. The van der Waals surface area contributed by atoms with Gasteiger partial charge in [0.15, 0.2) is 11.7 Å². The van der Waals surface area contributed by atoms with Crippen molar-refractivity contribution in [3.8, 4) is 0 Å². The van der Waals surface area contributed by atoms with Crippen LogP contribution in [0.15, 0.2) is 71.8 Å². The molecule has 348 valence electrons. The van der Waals surface area contributed by atoms with Gasteiger partial charge in [0.05, 0.1) is 37.3 Å². The van der Waals surface area contributed by atoms with Crippen LogP contribution >= 0.6 is 0 Å². The highest BCUT2D eigenvalue weighted by Gasteiger charge is 2.76. The zero-order valence-corrected chi connectivity index (χ0v) is 38.2. The fourth-order valence-electron chi connectivity index (χ4n) is 11.2. The molecule has 0 spiro atoms. The second-order valence-corrected chi connectivity index (χ2v) is 19.9. The molecule has 2 aromatic rings. The first-order valence-corrected chi connectivity index (χ1v) is 22.4. The van der Waals surface area contributed by atoms with Crippen molar-refractivity contribution in [3.63, 3.8) is 0 Å². The van der Waals surface area contributed by atoms with Crippen molar-refractivity contribution >= 4 is 29.8 Å². The van der Waals surface area contributed by atoms with Crippen molar-refractivity contribution in [3.05, 3.63) is 82.9 Å². The summed E-state index contributed by atoms with van der Waals surface area (Å²) in [4.78, 5) is 73.3. The Balaban J connectivity index is 1.37. The van der Waals surface area contributed by atoms with E-state index in [0.29, 0.717) is 62.4 Å². The zero-order chi connectivity index (χ0) is 46.4. The summed E-state index contributed by atoms with van der Waals surface area (Å²) in [7, 11) is 0. The predicted octanol–water partition coefficient (Wildman–Crippen LogP) is 5.27. The smallest absolute Gasteiger partial charge is 0.408 e. The van der Waals surface area contributed by atoms with Gasteiger partial charge in [0.25, 0.3) is 0 Å². The summed E-state index contributed by atoms with van der Waals surface area (Å²) in [6.07, 6.45) is -5.63. The number of nitrogens with one attached hydrogen (secondary N) is 1. The minimum Gasteiger partial charge on any atom is -0.456 e. The maximum atomic E-state index is 16.0. The van der Waals surface area contributed by atoms with E-state index in [0.717, 1.165) is 0 Å². The molecule has 2 saturated heterocycles. The van der Waals surface area contributed by atoms with Crippen LogP contribution < -0.4 is 5.32 Å². The van der Waals surface area contributed by atoms with Gasteiger partial charge in [-0.1, -0.05) is 69.3 Å². The van der Waals surface area contributed by atoms with E-state index >= 15 is 4.79 Å². The van der Waals surface area contributed by atoms with E-state index < -0.39 is 93.9 Å². The SMILES string of the molecule is CC(=O)O[C@@]12CO[C@@H]1CC[C@@]1(C)C(=O)[C@H](CCN3CCOCC3)C3=C(C)[C@@H](OC(=O)[C@H](O)[C@@H](NC(=O)OC(C)(C)C)c4ccccc4)C[C@@](O)([C@@H](OC(=O)c4ccccc4)C12)C3(C)C. The van der Waals surface area contributed by atoms with E-state index in [1.54, 1.807) is 88.4 Å². The lowest BCUT2D eigenvalue weighted by Gasteiger charge is -2.67. The number of ketones is 1. The molecule has 4 fully saturated rings. The van der Waals surface area contributed by atoms with E-state index in [1.165, 1.54) is 6.92 Å². The second-order valence-electron chi connectivity index (χ2n) is 19.9. The Morgan fingerprint density at radius 3 is 2.20 bits per heavy atom. The molecular formula is C49H64N2O13. The maximum absolute atomic E-state index is 16.0. The van der Waals surface area contributed by atoms with Crippen LogP contribution in [0.2, 0.25) is 0 Å². The van der Waals surface area contributed by atoms with Crippen molar-refractivity contribution in [1.29, 1.82) is 0 Å². The number of morpholine rings is 1. The molecule has 5 aliphatic rings. The lowest BCUT2D eigenvalue weighted by Crippen LogP contribution is -2.79. The van der Waals surface area contributed by atoms with Crippen LogP contribution in [-0.4, -0.2) is 126 Å². The Morgan fingerprint density at radius 1 is 0.969 bits per heavy atom. The number of alkyl carbamates (subject to hydrolysis) is 1. The Kier molecular flexibility index (Phi) is 13.3. The average Bonchev–Trinajstić information content (AvgIpc) is 3.23. The van der Waals surface area contributed by atoms with Crippen LogP contribution in [0.25, 0.3) is 0 Å². The third-order valence-electron chi connectivity index (χ3n) is 14.4. The van der Waals surface area contributed by atoms with Crippen LogP contribution in [0.5, 0.6) is 0 Å². The highest BCUT2D eigenvalue weighted by Crippen LogP contribution is 2.65. The number of aliphatic hydroxyl groups excluding tert-OH is 1. The van der Waals surface area contributed by atoms with E-state index in [4.69, 9.17) is 28.4 Å². The highest BCUT2D eigenvalue weighted by atomic mass is 16.6. The Bertz CT molecular complexity index is 2110. The summed E-state index contributed by atoms with van der Waals surface area (Å²) >= 11 is 0. The van der Waals surface area contributed by atoms with Crippen LogP contribution in [0, 0.1) is 22.7 Å². The van der Waals surface area contributed by atoms with Crippen LogP contribution in [0.1, 0.15) is 103 Å². The quantitative estimate of drug-likeness (QED) is 0.150. The van der Waals surface area contributed by atoms with Gasteiger partial charge >= 0.3 is 24.0 Å². The molecular weight excluding hydrogens is 825 g/mol. The Labute approximate surface area is 375 Å². The van der Waals surface area contributed by atoms with Gasteiger partial charge in [0, 0.05) is 43.2 Å². The highest BCUT2D eigenvalue weighted by molar-refractivity contribution is 5.92. The lowest BCUT2D eigenvalue weighted by molar-refractivity contribution is -0.332. The molecule has 10 atom stereocenters. The molecule has 1 unspecified atom stereocenters. The minimum absolute atomic E-state index is 0.100. The van der Waals surface area contributed by atoms with Gasteiger partial charge in [0.1, 0.15) is 35.3 Å². The molecule has 2 aromatic carbocycles. The molecule has 15 heteroatoms. The number of esters is 3. The molecule has 2 saturated carbocycles. The molecule has 15 nitrogen and oxygen atoms in total. The monoisotopic (exact) mass is 888 g/mol. The summed E-state index contributed by atoms with van der Waals surface area (Å²) in [6.45, 7) is 16.4. The maximum Gasteiger partial charge on any atom is 0.408 e. The Hall–Kier alpha value is -4.67. The first kappa shape index (κ1) is 47.3. The number of hydrogen-bond donors (Lipinski definition) is 3. The number of nitrogens with zero attached hydrogens (tertiary/aromatic N) is 1. The lowest BCUT2D eigenvalue weighted by atomic mass is 9.44. The number of benzene rings is 2. The van der Waals surface area contributed by atoms with Gasteiger partial charge in [-0.25, -0.2) is 14.4 Å². The largest absolute Gasteiger partial charge is 0.456 e. The number of aliphatic hydroxyl groups is 2. The van der Waals surface area contributed by atoms with Crippen LogP contribution in [-0.2, 0) is 42.8 Å². The van der Waals surface area contributed by atoms with E-state index in [9.17, 15) is 29.4 Å². The normalized spacial score (nSPS) is 32.2. The number of carbonyl (C=O) groups is 5. The van der Waals surface area contributed by atoms with Crippen molar-refractivity contribution in [2.45, 2.75) is 128 Å². The fraction of sp³-hybridized carbons (Fsp3) is 0.612. The number of carbonyl (C=O) groups excluding carboxylic acids is 5. The average molecular weight is 889 g/mol. The van der Waals surface area contributed by atoms with Crippen molar-refractivity contribution in [2.75, 3.05) is 39.5 Å². The first-order valence-electron chi connectivity index (χ1n) is 22.4. The third kappa shape index (κ3) is 8.73. The summed E-state index contributed by atoms with van der Waals surface area (Å²) in [5.41, 5.74) is -5.49. The predicted molar refractivity (Wildman–Crippen MR) is 232 cm³/mol. The van der Waals surface area contributed by atoms with Gasteiger partial charge in [-0.3, -0.25) is 14.5 Å². The third-order valence-corrected chi connectivity index (χ3v) is 14.4. The summed E-state index contributed by atoms with van der Waals surface area (Å²) < 4.78 is 36.3. The number of ether oxygens (including phenoxy) is 6. The minimum atomic E-state index is -2.11. The first-order chi connectivity index (χ1) is 30.1. The topological polar surface area (TPSA) is 196 Å². The summed E-state index contributed by atoms with van der Waals surface area (Å²) in [6, 6.07) is 15.4. The summed E-state index contributed by atoms with van der Waals surface area (Å²) in [5, 5.41) is 28.4. The standard InChI is InChI=1S/C49H64N2O13/c1-29-34(61-43(56)38(53)37(31-15-11-9-12-16-31)50-44(57)64-45(3,4)5)27-49(58)41(62-42(55)32-17-13-10-14-18-32)39-47(8,21-19-35-48(39,28-60-35)63-30(2)52)40(54)33(36(29)46(49,6)7)20-22-51-23-25-59-26-24-51/h9-18,33-35,37-39,41,53,58H,19-28H2,1-8H3,(H,50,57)/t33-,34+,35-,37+,38-,39?,41+,47-,48+,49-/m1/s1. The van der Waals surface area contributed by atoms with Gasteiger partial charge in [0.2, 0.25) is 0 Å². The number of Topliss-reactive ketones (excluding diaryl/α,β-unsaturated/α-hetero) is 1. The van der Waals surface area contributed by atoms with Gasteiger partial charge < -0.3 is 44.0 Å². The molecule has 7 rings (SSSR count). The van der Waals surface area contributed by atoms with Crippen molar-refractivity contribution in [1.82, 2.24) is 10.2 Å².